The Kier molecular flexibility index (Phi) is 5.17. The minimum absolute atomic E-state index is 0.226. The van der Waals surface area contributed by atoms with E-state index in [-0.39, 0.29) is 6.03 Å². The summed E-state index contributed by atoms with van der Waals surface area (Å²) in [7, 11) is 0. The molecule has 124 valence electrons. The number of nitrogens with one attached hydrogen (secondary N) is 3. The summed E-state index contributed by atoms with van der Waals surface area (Å²) in [6, 6.07) is 5.65. The highest BCUT2D eigenvalue weighted by molar-refractivity contribution is 7.13. The van der Waals surface area contributed by atoms with Crippen LogP contribution < -0.4 is 10.6 Å². The van der Waals surface area contributed by atoms with Crippen molar-refractivity contribution in [3.05, 3.63) is 52.9 Å². The maximum absolute atomic E-state index is 11.8. The first-order valence-electron chi connectivity index (χ1n) is 7.59. The van der Waals surface area contributed by atoms with Crippen molar-refractivity contribution in [2.45, 2.75) is 19.9 Å². The lowest BCUT2D eigenvalue weighted by molar-refractivity contribution is 0.240. The molecule has 0 saturated carbocycles. The van der Waals surface area contributed by atoms with Crippen molar-refractivity contribution in [3.63, 3.8) is 0 Å². The number of nitrogens with zero attached hydrogens (tertiary/aromatic N) is 3. The molecule has 3 N–H and O–H groups in total. The summed E-state index contributed by atoms with van der Waals surface area (Å²) in [5.41, 5.74) is 2.31. The number of aromatic amines is 1. The van der Waals surface area contributed by atoms with Crippen molar-refractivity contribution in [2.75, 3.05) is 6.54 Å². The number of amides is 2. The van der Waals surface area contributed by atoms with Gasteiger partial charge in [0.2, 0.25) is 0 Å². The van der Waals surface area contributed by atoms with Gasteiger partial charge in [-0.3, -0.25) is 10.1 Å². The Labute approximate surface area is 143 Å². The van der Waals surface area contributed by atoms with Crippen molar-refractivity contribution in [1.29, 1.82) is 0 Å². The number of urea groups is 1. The SMILES string of the molecule is Cc1cnccc1CCNC(=O)NCc1nc(-c2cccs2)n[nH]1. The average molecular weight is 342 g/mol. The Hall–Kier alpha value is -2.74. The van der Waals surface area contributed by atoms with Crippen molar-refractivity contribution < 1.29 is 4.79 Å². The number of H-pyrrole nitrogens is 1. The molecule has 0 unspecified atom stereocenters. The van der Waals surface area contributed by atoms with Gasteiger partial charge in [-0.2, -0.15) is 5.10 Å². The zero-order valence-electron chi connectivity index (χ0n) is 13.2. The number of carbonyl (C=O) groups is 1. The summed E-state index contributed by atoms with van der Waals surface area (Å²) in [5, 5.41) is 14.6. The summed E-state index contributed by atoms with van der Waals surface area (Å²) in [6.45, 7) is 2.88. The maximum atomic E-state index is 11.8. The molecule has 0 aliphatic rings. The molecular formula is C16H18N6OS. The van der Waals surface area contributed by atoms with Crippen LogP contribution in [0, 0.1) is 6.92 Å². The van der Waals surface area contributed by atoms with E-state index >= 15 is 0 Å². The van der Waals surface area contributed by atoms with Crippen LogP contribution in [0.3, 0.4) is 0 Å². The van der Waals surface area contributed by atoms with Crippen LogP contribution >= 0.6 is 11.3 Å². The predicted molar refractivity (Wildman–Crippen MR) is 92.6 cm³/mol. The molecule has 0 aromatic carbocycles. The van der Waals surface area contributed by atoms with Gasteiger partial charge in [0.05, 0.1) is 11.4 Å². The normalized spacial score (nSPS) is 10.5. The van der Waals surface area contributed by atoms with Crippen LogP contribution in [0.2, 0.25) is 0 Å². The third-order valence-electron chi connectivity index (χ3n) is 3.51. The summed E-state index contributed by atoms with van der Waals surface area (Å²) >= 11 is 1.57. The number of aryl methyl sites for hydroxylation is 1. The van der Waals surface area contributed by atoms with Gasteiger partial charge in [-0.15, -0.1) is 11.3 Å². The van der Waals surface area contributed by atoms with E-state index in [1.54, 1.807) is 17.5 Å². The van der Waals surface area contributed by atoms with E-state index in [9.17, 15) is 4.79 Å². The number of pyridine rings is 1. The molecule has 0 atom stereocenters. The molecule has 2 amide bonds. The van der Waals surface area contributed by atoms with Crippen LogP contribution in [0.1, 0.15) is 17.0 Å². The lowest BCUT2D eigenvalue weighted by atomic mass is 10.1. The van der Waals surface area contributed by atoms with E-state index in [1.165, 1.54) is 5.56 Å². The second-order valence-corrected chi connectivity index (χ2v) is 6.19. The number of hydrogen-bond donors (Lipinski definition) is 3. The number of carbonyl (C=O) groups excluding carboxylic acids is 1. The van der Waals surface area contributed by atoms with Crippen LogP contribution in [0.15, 0.2) is 36.0 Å². The highest BCUT2D eigenvalue weighted by Crippen LogP contribution is 2.20. The molecule has 0 fully saturated rings. The van der Waals surface area contributed by atoms with Gasteiger partial charge in [-0.05, 0) is 42.0 Å². The molecule has 7 nitrogen and oxygen atoms in total. The van der Waals surface area contributed by atoms with Gasteiger partial charge in [0.1, 0.15) is 5.82 Å². The molecule has 0 bridgehead atoms. The molecule has 24 heavy (non-hydrogen) atoms. The molecule has 3 heterocycles. The first-order chi connectivity index (χ1) is 11.7. The van der Waals surface area contributed by atoms with Gasteiger partial charge in [0.15, 0.2) is 5.82 Å². The molecule has 0 radical (unpaired) electrons. The molecule has 0 aliphatic heterocycles. The predicted octanol–water partition coefficient (Wildman–Crippen LogP) is 2.28. The lowest BCUT2D eigenvalue weighted by Crippen LogP contribution is -2.36. The van der Waals surface area contributed by atoms with E-state index in [1.807, 2.05) is 36.7 Å². The van der Waals surface area contributed by atoms with Gasteiger partial charge in [-0.1, -0.05) is 6.07 Å². The number of hydrogen-bond acceptors (Lipinski definition) is 5. The smallest absolute Gasteiger partial charge is 0.315 e. The van der Waals surface area contributed by atoms with E-state index in [0.29, 0.717) is 24.7 Å². The minimum atomic E-state index is -0.226. The fourth-order valence-electron chi connectivity index (χ4n) is 2.21. The largest absolute Gasteiger partial charge is 0.338 e. The van der Waals surface area contributed by atoms with Crippen molar-refractivity contribution in [2.24, 2.45) is 0 Å². The van der Waals surface area contributed by atoms with Crippen molar-refractivity contribution in [1.82, 2.24) is 30.8 Å². The first-order valence-corrected chi connectivity index (χ1v) is 8.46. The topological polar surface area (TPSA) is 95.6 Å². The molecule has 3 aromatic rings. The molecule has 0 spiro atoms. The van der Waals surface area contributed by atoms with Crippen LogP contribution in [-0.2, 0) is 13.0 Å². The highest BCUT2D eigenvalue weighted by Gasteiger charge is 2.08. The van der Waals surface area contributed by atoms with Crippen LogP contribution in [0.5, 0.6) is 0 Å². The van der Waals surface area contributed by atoms with E-state index in [4.69, 9.17) is 0 Å². The van der Waals surface area contributed by atoms with E-state index in [2.05, 4.69) is 30.8 Å². The quantitative estimate of drug-likeness (QED) is 0.640. The average Bonchev–Trinajstić information content (AvgIpc) is 3.26. The highest BCUT2D eigenvalue weighted by atomic mass is 32.1. The molecule has 0 saturated heterocycles. The fourth-order valence-corrected chi connectivity index (χ4v) is 2.87. The molecule has 3 rings (SSSR count). The van der Waals surface area contributed by atoms with Gasteiger partial charge < -0.3 is 10.6 Å². The van der Waals surface area contributed by atoms with Crippen LogP contribution in [0.4, 0.5) is 4.79 Å². The van der Waals surface area contributed by atoms with Crippen LogP contribution in [-0.4, -0.2) is 32.7 Å². The van der Waals surface area contributed by atoms with Crippen LogP contribution in [0.25, 0.3) is 10.7 Å². The summed E-state index contributed by atoms with van der Waals surface area (Å²) < 4.78 is 0. The second-order valence-electron chi connectivity index (χ2n) is 5.24. The van der Waals surface area contributed by atoms with E-state index in [0.717, 1.165) is 16.9 Å². The number of rotatable bonds is 6. The van der Waals surface area contributed by atoms with Crippen molar-refractivity contribution >= 4 is 17.4 Å². The zero-order valence-corrected chi connectivity index (χ0v) is 14.1. The summed E-state index contributed by atoms with van der Waals surface area (Å²) in [4.78, 5) is 21.2. The molecule has 0 aliphatic carbocycles. The molecule has 3 aromatic heterocycles. The Morgan fingerprint density at radius 1 is 1.33 bits per heavy atom. The molecular weight excluding hydrogens is 324 g/mol. The third-order valence-corrected chi connectivity index (χ3v) is 4.37. The Morgan fingerprint density at radius 3 is 3.04 bits per heavy atom. The Balaban J connectivity index is 1.42. The minimum Gasteiger partial charge on any atom is -0.338 e. The third kappa shape index (κ3) is 4.17. The fraction of sp³-hybridized carbons (Fsp3) is 0.250. The maximum Gasteiger partial charge on any atom is 0.315 e. The van der Waals surface area contributed by atoms with Gasteiger partial charge >= 0.3 is 6.03 Å². The summed E-state index contributed by atoms with van der Waals surface area (Å²) in [5.74, 6) is 1.27. The second kappa shape index (κ2) is 7.69. The monoisotopic (exact) mass is 342 g/mol. The summed E-state index contributed by atoms with van der Waals surface area (Å²) in [6.07, 6.45) is 4.36. The first kappa shape index (κ1) is 16.1. The lowest BCUT2D eigenvalue weighted by Gasteiger charge is -2.07. The Bertz CT molecular complexity index is 799. The van der Waals surface area contributed by atoms with Gasteiger partial charge in [0, 0.05) is 18.9 Å². The van der Waals surface area contributed by atoms with E-state index < -0.39 is 0 Å². The van der Waals surface area contributed by atoms with Crippen molar-refractivity contribution in [3.8, 4) is 10.7 Å². The standard InChI is InChI=1S/C16H18N6OS/c1-11-9-17-6-4-12(11)5-7-18-16(23)19-10-14-20-15(22-21-14)13-3-2-8-24-13/h2-4,6,8-9H,5,7,10H2,1H3,(H2,18,19,23)(H,20,21,22). The number of aromatic nitrogens is 4. The number of thiophene rings is 1. The van der Waals surface area contributed by atoms with Gasteiger partial charge in [-0.25, -0.2) is 9.78 Å². The molecule has 8 heteroatoms. The Morgan fingerprint density at radius 2 is 2.25 bits per heavy atom. The van der Waals surface area contributed by atoms with Gasteiger partial charge in [0.25, 0.3) is 0 Å². The zero-order chi connectivity index (χ0) is 16.8.